The molecule has 3 heteroatoms. The van der Waals surface area contributed by atoms with Gasteiger partial charge in [0.1, 0.15) is 7.05 Å². The second-order valence-corrected chi connectivity index (χ2v) is 4.21. The molecule has 1 aromatic heterocycles. The Morgan fingerprint density at radius 3 is 2.61 bits per heavy atom. The number of pyridine rings is 1. The van der Waals surface area contributed by atoms with E-state index in [1.54, 1.807) is 0 Å². The number of benzene rings is 1. The van der Waals surface area contributed by atoms with Crippen molar-refractivity contribution in [3.05, 3.63) is 59.9 Å². The Hall–Kier alpha value is -2.16. The monoisotopic (exact) mass is 240 g/mol. The maximum Gasteiger partial charge on any atom is 0.222 e. The summed E-state index contributed by atoms with van der Waals surface area (Å²) < 4.78 is 1.90. The molecule has 0 bridgehead atoms. The number of aryl methyl sites for hydroxylation is 1. The zero-order chi connectivity index (χ0) is 12.8. The first-order valence-corrected chi connectivity index (χ1v) is 6.08. The number of nitrogens with zero attached hydrogens (tertiary/aromatic N) is 1. The quantitative estimate of drug-likeness (QED) is 0.582. The fourth-order valence-corrected chi connectivity index (χ4v) is 1.93. The van der Waals surface area contributed by atoms with Crippen molar-refractivity contribution in [2.24, 2.45) is 7.05 Å². The second kappa shape index (κ2) is 5.96. The van der Waals surface area contributed by atoms with Gasteiger partial charge in [0.05, 0.1) is 6.21 Å². The van der Waals surface area contributed by atoms with Crippen LogP contribution in [0, 0.1) is 5.41 Å². The minimum Gasteiger partial charge on any atom is -0.384 e. The van der Waals surface area contributed by atoms with Gasteiger partial charge in [-0.25, -0.2) is 4.57 Å². The van der Waals surface area contributed by atoms with Crippen LogP contribution in [0.15, 0.2) is 48.7 Å². The zero-order valence-corrected chi connectivity index (χ0v) is 10.6. The number of rotatable bonds is 1. The molecule has 2 N–H and O–H groups in total. The van der Waals surface area contributed by atoms with Crippen LogP contribution in [0.25, 0.3) is 0 Å². The summed E-state index contributed by atoms with van der Waals surface area (Å²) in [5.41, 5.74) is 3.69. The van der Waals surface area contributed by atoms with Crippen LogP contribution in [0.5, 0.6) is 0 Å². The number of aromatic nitrogens is 1. The molecule has 0 radical (unpaired) electrons. The Bertz CT molecular complexity index is 512. The summed E-state index contributed by atoms with van der Waals surface area (Å²) in [6.45, 7) is 1.11. The molecule has 3 rings (SSSR count). The normalized spacial score (nSPS) is 11.8. The Balaban J connectivity index is 0.000000134. The molecular weight excluding hydrogens is 222 g/mol. The van der Waals surface area contributed by atoms with Gasteiger partial charge in [-0.15, -0.1) is 0 Å². The molecule has 2 aromatic rings. The first kappa shape index (κ1) is 12.3. The number of nitrogens with one attached hydrogen (secondary N) is 2. The summed E-state index contributed by atoms with van der Waals surface area (Å²) in [6, 6.07) is 14.2. The molecular formula is C15H18N3+. The van der Waals surface area contributed by atoms with Gasteiger partial charge in [0.15, 0.2) is 6.20 Å². The molecule has 0 atom stereocenters. The van der Waals surface area contributed by atoms with Crippen molar-refractivity contribution >= 4 is 11.9 Å². The molecule has 0 aliphatic carbocycles. The largest absolute Gasteiger partial charge is 0.384 e. The van der Waals surface area contributed by atoms with E-state index >= 15 is 0 Å². The van der Waals surface area contributed by atoms with Crippen LogP contribution >= 0.6 is 0 Å². The summed E-state index contributed by atoms with van der Waals surface area (Å²) in [4.78, 5) is 0. The summed E-state index contributed by atoms with van der Waals surface area (Å²) in [6.07, 6.45) is 4.44. The molecule has 2 heterocycles. The molecule has 1 aliphatic rings. The molecule has 18 heavy (non-hydrogen) atoms. The Morgan fingerprint density at radius 1 is 1.17 bits per heavy atom. The zero-order valence-electron chi connectivity index (χ0n) is 10.6. The third-order valence-electron chi connectivity index (χ3n) is 2.97. The van der Waals surface area contributed by atoms with E-state index in [4.69, 9.17) is 5.41 Å². The summed E-state index contributed by atoms with van der Waals surface area (Å²) in [5, 5.41) is 10.2. The lowest BCUT2D eigenvalue weighted by Crippen LogP contribution is -2.32. The highest BCUT2D eigenvalue weighted by Crippen LogP contribution is 2.19. The molecule has 3 nitrogen and oxygen atoms in total. The maximum atomic E-state index is 6.94. The lowest BCUT2D eigenvalue weighted by atomic mass is 10.2. The summed E-state index contributed by atoms with van der Waals surface area (Å²) >= 11 is 0. The molecule has 0 saturated carbocycles. The highest BCUT2D eigenvalue weighted by atomic mass is 14.9. The standard InChI is InChI=1S/C8H9N.C7H9N2/c1-2-4-8-7(3-1)5-6-9-8;1-9-5-3-2-4-7(9)6-8/h1-4,9H,5-6H2;2-6,8H,1H3/q;+1. The van der Waals surface area contributed by atoms with Gasteiger partial charge in [-0.1, -0.05) is 18.2 Å². The van der Waals surface area contributed by atoms with Gasteiger partial charge in [-0.05, 0) is 24.1 Å². The van der Waals surface area contributed by atoms with Crippen molar-refractivity contribution in [2.45, 2.75) is 6.42 Å². The fourth-order valence-electron chi connectivity index (χ4n) is 1.93. The van der Waals surface area contributed by atoms with Gasteiger partial charge in [0.2, 0.25) is 5.69 Å². The molecule has 92 valence electrons. The van der Waals surface area contributed by atoms with E-state index in [0.717, 1.165) is 12.2 Å². The predicted molar refractivity (Wildman–Crippen MR) is 74.1 cm³/mol. The van der Waals surface area contributed by atoms with Crippen molar-refractivity contribution in [2.75, 3.05) is 11.9 Å². The van der Waals surface area contributed by atoms with Crippen molar-refractivity contribution in [3.8, 4) is 0 Å². The van der Waals surface area contributed by atoms with Crippen molar-refractivity contribution in [1.82, 2.24) is 0 Å². The average Bonchev–Trinajstić information content (AvgIpc) is 2.88. The van der Waals surface area contributed by atoms with E-state index in [2.05, 4.69) is 29.6 Å². The molecule has 0 spiro atoms. The number of anilines is 1. The molecule has 1 aromatic carbocycles. The van der Waals surface area contributed by atoms with Crippen LogP contribution in [0.2, 0.25) is 0 Å². The SMILES string of the molecule is C[n+]1ccccc1C=N.c1ccc2c(c1)CCN2. The van der Waals surface area contributed by atoms with Gasteiger partial charge in [0.25, 0.3) is 0 Å². The topological polar surface area (TPSA) is 39.8 Å². The molecule has 0 fully saturated rings. The molecule has 0 amide bonds. The lowest BCUT2D eigenvalue weighted by Gasteiger charge is -1.94. The van der Waals surface area contributed by atoms with Crippen molar-refractivity contribution in [1.29, 1.82) is 5.41 Å². The third-order valence-corrected chi connectivity index (χ3v) is 2.97. The number of fused-ring (bicyclic) bond motifs is 1. The van der Waals surface area contributed by atoms with Gasteiger partial charge < -0.3 is 10.7 Å². The van der Waals surface area contributed by atoms with Crippen LogP contribution in [0.3, 0.4) is 0 Å². The second-order valence-electron chi connectivity index (χ2n) is 4.21. The first-order valence-electron chi connectivity index (χ1n) is 6.08. The van der Waals surface area contributed by atoms with Gasteiger partial charge >= 0.3 is 0 Å². The molecule has 1 aliphatic heterocycles. The summed E-state index contributed by atoms with van der Waals surface area (Å²) in [7, 11) is 1.92. The lowest BCUT2D eigenvalue weighted by molar-refractivity contribution is -0.672. The van der Waals surface area contributed by atoms with Gasteiger partial charge in [0, 0.05) is 24.4 Å². The Morgan fingerprint density at radius 2 is 1.94 bits per heavy atom. The average molecular weight is 240 g/mol. The number of hydrogen-bond donors (Lipinski definition) is 2. The van der Waals surface area contributed by atoms with Gasteiger partial charge in [-0.3, -0.25) is 0 Å². The number of para-hydroxylation sites is 1. The predicted octanol–water partition coefficient (Wildman–Crippen LogP) is 2.16. The Labute approximate surface area is 108 Å². The highest BCUT2D eigenvalue weighted by Gasteiger charge is 2.05. The van der Waals surface area contributed by atoms with Crippen molar-refractivity contribution < 1.29 is 4.57 Å². The number of hydrogen-bond acceptors (Lipinski definition) is 2. The van der Waals surface area contributed by atoms with Crippen LogP contribution in [0.1, 0.15) is 11.3 Å². The first-order chi connectivity index (χ1) is 8.81. The molecule has 0 unspecified atom stereocenters. The third kappa shape index (κ3) is 2.94. The maximum absolute atomic E-state index is 6.94. The van der Waals surface area contributed by atoms with Crippen LogP contribution in [-0.4, -0.2) is 12.8 Å². The molecule has 0 saturated heterocycles. The van der Waals surface area contributed by atoms with Gasteiger partial charge in [-0.2, -0.15) is 0 Å². The van der Waals surface area contributed by atoms with E-state index in [9.17, 15) is 0 Å². The van der Waals surface area contributed by atoms with Crippen molar-refractivity contribution in [3.63, 3.8) is 0 Å². The van der Waals surface area contributed by atoms with E-state index in [1.165, 1.54) is 23.9 Å². The Kier molecular flexibility index (Phi) is 4.07. The van der Waals surface area contributed by atoms with E-state index in [-0.39, 0.29) is 0 Å². The fraction of sp³-hybridized carbons (Fsp3) is 0.200. The van der Waals surface area contributed by atoms with E-state index in [0.29, 0.717) is 0 Å². The minimum absolute atomic E-state index is 0.914. The van der Waals surface area contributed by atoms with E-state index < -0.39 is 0 Å². The smallest absolute Gasteiger partial charge is 0.222 e. The highest BCUT2D eigenvalue weighted by molar-refractivity contribution is 5.71. The van der Waals surface area contributed by atoms with Crippen LogP contribution in [0.4, 0.5) is 5.69 Å². The van der Waals surface area contributed by atoms with E-state index in [1.807, 2.05) is 36.0 Å². The minimum atomic E-state index is 0.914. The van der Waals surface area contributed by atoms with Crippen LogP contribution in [-0.2, 0) is 13.5 Å². The van der Waals surface area contributed by atoms with Crippen LogP contribution < -0.4 is 9.88 Å². The summed E-state index contributed by atoms with van der Waals surface area (Å²) in [5.74, 6) is 0.